The van der Waals surface area contributed by atoms with Crippen LogP contribution in [0.5, 0.6) is 17.2 Å². The number of aryl methyl sites for hydroxylation is 2. The quantitative estimate of drug-likeness (QED) is 0.416. The second-order valence-electron chi connectivity index (χ2n) is 8.34. The first-order valence-electron chi connectivity index (χ1n) is 10.7. The second-order valence-corrected chi connectivity index (χ2v) is 10.0. The molecule has 8 nitrogen and oxygen atoms in total. The van der Waals surface area contributed by atoms with Gasteiger partial charge in [0.05, 0.1) is 28.7 Å². The third-order valence-electron chi connectivity index (χ3n) is 5.76. The van der Waals surface area contributed by atoms with Gasteiger partial charge in [0.1, 0.15) is 11.5 Å². The zero-order valence-electron chi connectivity index (χ0n) is 19.7. The van der Waals surface area contributed by atoms with Gasteiger partial charge in [-0.25, -0.2) is 13.2 Å². The number of fused-ring (bicyclic) bond motifs is 1. The highest BCUT2D eigenvalue weighted by molar-refractivity contribution is 7.92. The van der Waals surface area contributed by atoms with E-state index >= 15 is 0 Å². The largest absolute Gasteiger partial charge is 0.497 e. The molecule has 1 heterocycles. The molecule has 3 aromatic carbocycles. The average molecular weight is 482 g/mol. The average Bonchev–Trinajstić information content (AvgIpc) is 3.03. The van der Waals surface area contributed by atoms with E-state index in [1.54, 1.807) is 81.9 Å². The fourth-order valence-corrected chi connectivity index (χ4v) is 4.76. The van der Waals surface area contributed by atoms with Crippen LogP contribution >= 0.6 is 0 Å². The van der Waals surface area contributed by atoms with Gasteiger partial charge in [0.15, 0.2) is 5.75 Å². The highest BCUT2D eigenvalue weighted by Crippen LogP contribution is 2.35. The first-order valence-corrected chi connectivity index (χ1v) is 12.2. The topological polar surface area (TPSA) is 91.6 Å². The highest BCUT2D eigenvalue weighted by Gasteiger charge is 2.20. The van der Waals surface area contributed by atoms with E-state index in [4.69, 9.17) is 9.47 Å². The second kappa shape index (κ2) is 8.90. The summed E-state index contributed by atoms with van der Waals surface area (Å²) < 4.78 is 43.2. The van der Waals surface area contributed by atoms with Gasteiger partial charge in [-0.05, 0) is 53.9 Å². The predicted octanol–water partition coefficient (Wildman–Crippen LogP) is 4.60. The van der Waals surface area contributed by atoms with Crippen LogP contribution in [0.2, 0.25) is 0 Å². The lowest BCUT2D eigenvalue weighted by Gasteiger charge is -2.15. The van der Waals surface area contributed by atoms with E-state index in [0.29, 0.717) is 22.5 Å². The van der Waals surface area contributed by atoms with E-state index in [0.717, 1.165) is 5.56 Å². The van der Waals surface area contributed by atoms with E-state index in [2.05, 4.69) is 4.72 Å². The summed E-state index contributed by atoms with van der Waals surface area (Å²) in [6.07, 6.45) is 0. The number of hydrogen-bond acceptors (Lipinski definition) is 5. The Morgan fingerprint density at radius 2 is 1.41 bits per heavy atom. The first-order chi connectivity index (χ1) is 16.1. The minimum atomic E-state index is -3.91. The molecule has 0 saturated carbocycles. The van der Waals surface area contributed by atoms with Gasteiger partial charge in [0, 0.05) is 20.2 Å². The molecule has 0 unspecified atom stereocenters. The molecule has 34 heavy (non-hydrogen) atoms. The van der Waals surface area contributed by atoms with Crippen molar-refractivity contribution in [1.29, 1.82) is 0 Å². The van der Waals surface area contributed by atoms with Gasteiger partial charge >= 0.3 is 5.69 Å². The molecule has 0 amide bonds. The zero-order chi connectivity index (χ0) is 24.6. The van der Waals surface area contributed by atoms with Crippen molar-refractivity contribution in [2.75, 3.05) is 11.8 Å². The fourth-order valence-electron chi connectivity index (χ4n) is 3.70. The Bertz CT molecular complexity index is 1500. The van der Waals surface area contributed by atoms with Crippen LogP contribution in [0.25, 0.3) is 11.0 Å². The van der Waals surface area contributed by atoms with Crippen LogP contribution in [0.4, 0.5) is 5.69 Å². The summed E-state index contributed by atoms with van der Waals surface area (Å²) in [6.45, 7) is 4.09. The molecule has 9 heteroatoms. The molecular weight excluding hydrogens is 454 g/mol. The number of rotatable bonds is 7. The molecule has 1 N–H and O–H groups in total. The molecular formula is C25H27N3O5S. The molecule has 0 radical (unpaired) electrons. The zero-order valence-corrected chi connectivity index (χ0v) is 20.5. The molecule has 178 valence electrons. The van der Waals surface area contributed by atoms with Crippen molar-refractivity contribution in [3.05, 3.63) is 76.7 Å². The van der Waals surface area contributed by atoms with E-state index < -0.39 is 10.0 Å². The number of sulfonamides is 1. The van der Waals surface area contributed by atoms with E-state index in [1.165, 1.54) is 9.13 Å². The van der Waals surface area contributed by atoms with Crippen molar-refractivity contribution in [3.63, 3.8) is 0 Å². The van der Waals surface area contributed by atoms with Crippen LogP contribution < -0.4 is 19.9 Å². The van der Waals surface area contributed by atoms with Gasteiger partial charge in [-0.2, -0.15) is 0 Å². The molecule has 0 aliphatic heterocycles. The Kier molecular flexibility index (Phi) is 6.14. The van der Waals surface area contributed by atoms with E-state index in [9.17, 15) is 13.2 Å². The number of benzene rings is 3. The molecule has 0 bridgehead atoms. The smallest absolute Gasteiger partial charge is 0.328 e. The van der Waals surface area contributed by atoms with Crippen molar-refractivity contribution < 1.29 is 17.9 Å². The lowest BCUT2D eigenvalue weighted by molar-refractivity contribution is 0.413. The molecule has 0 aliphatic carbocycles. The maximum Gasteiger partial charge on any atom is 0.328 e. The number of imidazole rings is 1. The van der Waals surface area contributed by atoms with Crippen LogP contribution in [0.3, 0.4) is 0 Å². The summed E-state index contributed by atoms with van der Waals surface area (Å²) in [5.41, 5.74) is 2.22. The molecule has 0 saturated heterocycles. The number of anilines is 1. The van der Waals surface area contributed by atoms with Crippen LogP contribution in [0.15, 0.2) is 70.4 Å². The van der Waals surface area contributed by atoms with Gasteiger partial charge < -0.3 is 9.47 Å². The molecule has 0 fully saturated rings. The van der Waals surface area contributed by atoms with Gasteiger partial charge in [0.2, 0.25) is 0 Å². The third kappa shape index (κ3) is 4.38. The minimum absolute atomic E-state index is 0.134. The van der Waals surface area contributed by atoms with Crippen molar-refractivity contribution in [3.8, 4) is 17.2 Å². The summed E-state index contributed by atoms with van der Waals surface area (Å²) in [5.74, 6) is 1.71. The summed E-state index contributed by atoms with van der Waals surface area (Å²) in [5, 5.41) is 0. The molecule has 0 spiro atoms. The highest BCUT2D eigenvalue weighted by atomic mass is 32.2. The normalized spacial score (nSPS) is 11.7. The lowest BCUT2D eigenvalue weighted by Crippen LogP contribution is -2.19. The van der Waals surface area contributed by atoms with Crippen molar-refractivity contribution in [1.82, 2.24) is 9.13 Å². The predicted molar refractivity (Wildman–Crippen MR) is 133 cm³/mol. The molecule has 1 aromatic heterocycles. The maximum atomic E-state index is 13.2. The number of methoxy groups -OCH3 is 1. The lowest BCUT2D eigenvalue weighted by atomic mass is 10.0. The first kappa shape index (κ1) is 23.4. The van der Waals surface area contributed by atoms with Gasteiger partial charge in [0.25, 0.3) is 10.0 Å². The monoisotopic (exact) mass is 481 g/mol. The molecule has 0 aliphatic rings. The Morgan fingerprint density at radius 3 is 1.97 bits per heavy atom. The molecule has 4 aromatic rings. The summed E-state index contributed by atoms with van der Waals surface area (Å²) in [4.78, 5) is 12.6. The number of hydrogen-bond donors (Lipinski definition) is 1. The van der Waals surface area contributed by atoms with Crippen molar-refractivity contribution in [2.24, 2.45) is 14.1 Å². The number of nitrogens with one attached hydrogen (secondary N) is 1. The van der Waals surface area contributed by atoms with Crippen LogP contribution in [-0.4, -0.2) is 24.7 Å². The van der Waals surface area contributed by atoms with Gasteiger partial charge in [-0.3, -0.25) is 13.9 Å². The number of ether oxygens (including phenoxy) is 2. The minimum Gasteiger partial charge on any atom is -0.497 e. The van der Waals surface area contributed by atoms with E-state index in [1.807, 2.05) is 13.8 Å². The third-order valence-corrected chi connectivity index (χ3v) is 7.14. The number of nitrogens with zero attached hydrogens (tertiary/aromatic N) is 2. The Hall–Kier alpha value is -3.72. The van der Waals surface area contributed by atoms with E-state index in [-0.39, 0.29) is 27.9 Å². The van der Waals surface area contributed by atoms with Crippen molar-refractivity contribution in [2.45, 2.75) is 24.7 Å². The Labute approximate surface area is 198 Å². The summed E-state index contributed by atoms with van der Waals surface area (Å²) in [7, 11) is 0.951. The SMILES string of the molecule is COc1ccc(Oc2cc3c(cc2NS(=O)(=O)c2ccc(C(C)C)cc2)n(C)c(=O)n3C)cc1. The molecule has 0 atom stereocenters. The van der Waals surface area contributed by atoms with Gasteiger partial charge in [-0.15, -0.1) is 0 Å². The van der Waals surface area contributed by atoms with Gasteiger partial charge in [-0.1, -0.05) is 26.0 Å². The van der Waals surface area contributed by atoms with Crippen molar-refractivity contribution >= 4 is 26.7 Å². The summed E-state index contributed by atoms with van der Waals surface area (Å²) in [6, 6.07) is 17.0. The van der Waals surface area contributed by atoms with Crippen LogP contribution in [-0.2, 0) is 24.1 Å². The fraction of sp³-hybridized carbons (Fsp3) is 0.240. The number of aromatic nitrogens is 2. The Balaban J connectivity index is 1.79. The summed E-state index contributed by atoms with van der Waals surface area (Å²) >= 11 is 0. The standard InChI is InChI=1S/C25H27N3O5S/c1-16(2)17-6-12-20(13-7-17)34(30,31)26-21-14-22-23(28(4)25(29)27(22)3)15-24(21)33-19-10-8-18(32-5)9-11-19/h6-16,26H,1-5H3. The van der Waals surface area contributed by atoms with Crippen LogP contribution in [0.1, 0.15) is 25.3 Å². The molecule has 4 rings (SSSR count). The maximum absolute atomic E-state index is 13.2. The Morgan fingerprint density at radius 1 is 0.853 bits per heavy atom. The van der Waals surface area contributed by atoms with Crippen LogP contribution in [0, 0.1) is 0 Å².